The van der Waals surface area contributed by atoms with Crippen molar-refractivity contribution in [2.24, 2.45) is 0 Å². The molecule has 1 aliphatic heterocycles. The van der Waals surface area contributed by atoms with Crippen LogP contribution in [0.5, 0.6) is 11.5 Å². The average molecular weight is 346 g/mol. The first-order chi connectivity index (χ1) is 12.1. The average Bonchev–Trinajstić information content (AvgIpc) is 3.23. The summed E-state index contributed by atoms with van der Waals surface area (Å²) >= 11 is 0. The second-order valence-corrected chi connectivity index (χ2v) is 5.43. The molecule has 0 spiro atoms. The molecule has 2 heterocycles. The van der Waals surface area contributed by atoms with E-state index in [0.29, 0.717) is 29.5 Å². The Morgan fingerprint density at radius 3 is 2.76 bits per heavy atom. The monoisotopic (exact) mass is 346 g/mol. The zero-order chi connectivity index (χ0) is 17.8. The Morgan fingerprint density at radius 2 is 2.08 bits per heavy atom. The van der Waals surface area contributed by atoms with Crippen molar-refractivity contribution in [3.8, 4) is 11.5 Å². The first kappa shape index (κ1) is 16.6. The number of nitrogens with one attached hydrogen (secondary N) is 2. The van der Waals surface area contributed by atoms with E-state index in [0.717, 1.165) is 0 Å². The van der Waals surface area contributed by atoms with Gasteiger partial charge in [0.05, 0.1) is 20.3 Å². The molecular weight excluding hydrogens is 328 g/mol. The molecule has 1 aromatic carbocycles. The normalized spacial score (nSPS) is 16.6. The molecule has 1 fully saturated rings. The maximum Gasteiger partial charge on any atom is 0.320 e. The Kier molecular flexibility index (Phi) is 4.73. The van der Waals surface area contributed by atoms with Crippen LogP contribution in [-0.4, -0.2) is 43.9 Å². The van der Waals surface area contributed by atoms with Crippen LogP contribution in [-0.2, 0) is 4.79 Å². The van der Waals surface area contributed by atoms with Crippen molar-refractivity contribution in [1.82, 2.24) is 10.5 Å². The fourth-order valence-corrected chi connectivity index (χ4v) is 2.66. The molecule has 0 bridgehead atoms. The summed E-state index contributed by atoms with van der Waals surface area (Å²) in [5.74, 6) is 1.34. The Hall–Kier alpha value is -3.23. The molecule has 1 atom stereocenters. The lowest BCUT2D eigenvalue weighted by Gasteiger charge is -2.19. The molecule has 3 rings (SSSR count). The minimum absolute atomic E-state index is 0.0843. The van der Waals surface area contributed by atoms with E-state index < -0.39 is 6.03 Å². The van der Waals surface area contributed by atoms with Gasteiger partial charge in [0, 0.05) is 30.8 Å². The van der Waals surface area contributed by atoms with E-state index in [4.69, 9.17) is 9.47 Å². The van der Waals surface area contributed by atoms with Crippen LogP contribution in [0.3, 0.4) is 0 Å². The number of rotatable bonds is 5. The van der Waals surface area contributed by atoms with Crippen LogP contribution < -0.4 is 25.0 Å². The van der Waals surface area contributed by atoms with E-state index >= 15 is 0 Å². The summed E-state index contributed by atoms with van der Waals surface area (Å²) in [6.07, 6.45) is 1.56. The van der Waals surface area contributed by atoms with Gasteiger partial charge in [-0.1, -0.05) is 5.16 Å². The number of ether oxygens (including phenoxy) is 2. The summed E-state index contributed by atoms with van der Waals surface area (Å²) in [7, 11) is 3.08. The van der Waals surface area contributed by atoms with Gasteiger partial charge in [-0.15, -0.1) is 0 Å². The summed E-state index contributed by atoms with van der Waals surface area (Å²) in [5, 5.41) is 8.87. The Morgan fingerprint density at radius 1 is 1.28 bits per heavy atom. The minimum Gasteiger partial charge on any atom is -0.493 e. The van der Waals surface area contributed by atoms with E-state index in [1.807, 2.05) is 0 Å². The van der Waals surface area contributed by atoms with Crippen LogP contribution >= 0.6 is 0 Å². The number of methoxy groups -OCH3 is 2. The van der Waals surface area contributed by atoms with Crippen LogP contribution in [0.1, 0.15) is 6.42 Å². The second-order valence-electron chi connectivity index (χ2n) is 5.43. The number of hydrogen-bond donors (Lipinski definition) is 2. The zero-order valence-electron chi connectivity index (χ0n) is 13.8. The van der Waals surface area contributed by atoms with Crippen molar-refractivity contribution >= 4 is 23.4 Å². The van der Waals surface area contributed by atoms with Crippen molar-refractivity contribution in [3.63, 3.8) is 0 Å². The van der Waals surface area contributed by atoms with Crippen molar-refractivity contribution in [2.45, 2.75) is 12.5 Å². The van der Waals surface area contributed by atoms with Crippen molar-refractivity contribution in [3.05, 3.63) is 30.5 Å². The second kappa shape index (κ2) is 7.12. The first-order valence-corrected chi connectivity index (χ1v) is 7.61. The van der Waals surface area contributed by atoms with Crippen LogP contribution in [0.15, 0.2) is 35.1 Å². The molecule has 9 nitrogen and oxygen atoms in total. The summed E-state index contributed by atoms with van der Waals surface area (Å²) in [6.45, 7) is 0.362. The van der Waals surface area contributed by atoms with Crippen LogP contribution in [0.4, 0.5) is 16.3 Å². The van der Waals surface area contributed by atoms with Gasteiger partial charge >= 0.3 is 6.03 Å². The Balaban J connectivity index is 1.65. The van der Waals surface area contributed by atoms with Crippen molar-refractivity contribution in [2.75, 3.05) is 31.0 Å². The fourth-order valence-electron chi connectivity index (χ4n) is 2.66. The number of benzene rings is 1. The Labute approximate surface area is 143 Å². The fraction of sp³-hybridized carbons (Fsp3) is 0.312. The van der Waals surface area contributed by atoms with Gasteiger partial charge in [0.25, 0.3) is 0 Å². The molecule has 0 saturated carbocycles. The third-order valence-electron chi connectivity index (χ3n) is 3.82. The minimum atomic E-state index is -0.444. The highest BCUT2D eigenvalue weighted by molar-refractivity contribution is 5.97. The van der Waals surface area contributed by atoms with Gasteiger partial charge < -0.3 is 24.2 Å². The predicted molar refractivity (Wildman–Crippen MR) is 89.0 cm³/mol. The molecule has 2 aromatic rings. The molecule has 132 valence electrons. The number of carbonyl (C=O) groups is 2. The van der Waals surface area contributed by atoms with Gasteiger partial charge in [0.15, 0.2) is 17.3 Å². The zero-order valence-corrected chi connectivity index (χ0v) is 13.8. The van der Waals surface area contributed by atoms with E-state index in [9.17, 15) is 9.59 Å². The topological polar surface area (TPSA) is 106 Å². The number of amides is 3. The smallest absolute Gasteiger partial charge is 0.320 e. The van der Waals surface area contributed by atoms with E-state index in [1.165, 1.54) is 19.4 Å². The van der Waals surface area contributed by atoms with Gasteiger partial charge in [0.2, 0.25) is 5.91 Å². The number of nitrogens with zero attached hydrogens (tertiary/aromatic N) is 2. The summed E-state index contributed by atoms with van der Waals surface area (Å²) in [6, 6.07) is 6.01. The van der Waals surface area contributed by atoms with Crippen LogP contribution in [0.25, 0.3) is 0 Å². The van der Waals surface area contributed by atoms with Gasteiger partial charge in [0.1, 0.15) is 6.26 Å². The highest BCUT2D eigenvalue weighted by atomic mass is 16.5. The lowest BCUT2D eigenvalue weighted by atomic mass is 10.2. The highest BCUT2D eigenvalue weighted by Crippen LogP contribution is 2.33. The van der Waals surface area contributed by atoms with E-state index in [1.54, 1.807) is 30.2 Å². The van der Waals surface area contributed by atoms with E-state index in [2.05, 4.69) is 20.3 Å². The lowest BCUT2D eigenvalue weighted by Crippen LogP contribution is -2.39. The molecule has 9 heteroatoms. The number of aromatic nitrogens is 1. The predicted octanol–water partition coefficient (Wildman–Crippen LogP) is 1.62. The van der Waals surface area contributed by atoms with Gasteiger partial charge in [-0.3, -0.25) is 10.1 Å². The van der Waals surface area contributed by atoms with Crippen molar-refractivity contribution in [1.29, 1.82) is 0 Å². The maximum atomic E-state index is 12.3. The molecule has 0 aliphatic carbocycles. The number of anilines is 2. The van der Waals surface area contributed by atoms with Gasteiger partial charge in [-0.25, -0.2) is 4.79 Å². The van der Waals surface area contributed by atoms with E-state index in [-0.39, 0.29) is 18.4 Å². The molecule has 1 aliphatic rings. The van der Waals surface area contributed by atoms with Gasteiger partial charge in [-0.2, -0.15) is 0 Å². The third-order valence-corrected chi connectivity index (χ3v) is 3.82. The Bertz CT molecular complexity index is 762. The highest BCUT2D eigenvalue weighted by Gasteiger charge is 2.32. The van der Waals surface area contributed by atoms with Crippen LogP contribution in [0.2, 0.25) is 0 Å². The summed E-state index contributed by atoms with van der Waals surface area (Å²) in [4.78, 5) is 25.8. The molecule has 1 aromatic heterocycles. The standard InChI is InChI=1S/C16H18N4O5/c1-23-12-4-3-11(8-13(12)24-2)20-9-10(7-15(20)21)17-16(22)18-14-5-6-25-19-14/h3-6,8,10H,7,9H2,1-2H3,(H2,17,18,19,22). The molecule has 25 heavy (non-hydrogen) atoms. The van der Waals surface area contributed by atoms with Gasteiger partial charge in [-0.05, 0) is 12.1 Å². The first-order valence-electron chi connectivity index (χ1n) is 7.61. The summed E-state index contributed by atoms with van der Waals surface area (Å²) < 4.78 is 15.1. The lowest BCUT2D eigenvalue weighted by molar-refractivity contribution is -0.117. The molecular formula is C16H18N4O5. The number of hydrogen-bond acceptors (Lipinski definition) is 6. The quantitative estimate of drug-likeness (QED) is 0.852. The molecule has 0 radical (unpaired) electrons. The third kappa shape index (κ3) is 3.65. The van der Waals surface area contributed by atoms with Crippen molar-refractivity contribution < 1.29 is 23.6 Å². The molecule has 2 N–H and O–H groups in total. The molecule has 1 unspecified atom stereocenters. The molecule has 3 amide bonds. The number of carbonyl (C=O) groups excluding carboxylic acids is 2. The summed E-state index contributed by atoms with van der Waals surface area (Å²) in [5.41, 5.74) is 0.684. The largest absolute Gasteiger partial charge is 0.493 e. The maximum absolute atomic E-state index is 12.3. The molecule has 1 saturated heterocycles. The SMILES string of the molecule is COc1ccc(N2CC(NC(=O)Nc3ccon3)CC2=O)cc1OC. The number of urea groups is 1. The van der Waals surface area contributed by atoms with Crippen LogP contribution in [0, 0.1) is 0 Å².